The van der Waals surface area contributed by atoms with Crippen LogP contribution in [0.2, 0.25) is 5.28 Å². The fraction of sp³-hybridized carbons (Fsp3) is 0.500. The van der Waals surface area contributed by atoms with Gasteiger partial charge in [0, 0.05) is 17.8 Å². The van der Waals surface area contributed by atoms with Crippen LogP contribution in [0.1, 0.15) is 18.3 Å². The molecular formula is C8H12ClN3. The highest BCUT2D eigenvalue weighted by Gasteiger charge is 2.00. The average molecular weight is 186 g/mol. The molecule has 0 aliphatic carbocycles. The zero-order chi connectivity index (χ0) is 8.97. The summed E-state index contributed by atoms with van der Waals surface area (Å²) < 4.78 is 0. The molecule has 1 aromatic rings. The van der Waals surface area contributed by atoms with E-state index in [4.69, 9.17) is 17.3 Å². The largest absolute Gasteiger partial charge is 0.330 e. The van der Waals surface area contributed by atoms with Crippen LogP contribution >= 0.6 is 11.6 Å². The maximum Gasteiger partial charge on any atom is 0.222 e. The minimum atomic E-state index is 0.317. The molecule has 12 heavy (non-hydrogen) atoms. The van der Waals surface area contributed by atoms with Crippen LogP contribution in [0.3, 0.4) is 0 Å². The van der Waals surface area contributed by atoms with Gasteiger partial charge in [0.25, 0.3) is 0 Å². The van der Waals surface area contributed by atoms with Gasteiger partial charge in [-0.25, -0.2) is 9.97 Å². The van der Waals surface area contributed by atoms with E-state index >= 15 is 0 Å². The van der Waals surface area contributed by atoms with Crippen molar-refractivity contribution in [1.29, 1.82) is 0 Å². The summed E-state index contributed by atoms with van der Waals surface area (Å²) in [5, 5.41) is 0.317. The lowest BCUT2D eigenvalue weighted by atomic mass is 10.2. The van der Waals surface area contributed by atoms with Gasteiger partial charge in [0.2, 0.25) is 5.28 Å². The SMILES string of the molecule is CCc1cc(CCN)nc(Cl)n1. The monoisotopic (exact) mass is 185 g/mol. The van der Waals surface area contributed by atoms with Gasteiger partial charge in [0.05, 0.1) is 0 Å². The van der Waals surface area contributed by atoms with Crippen LogP contribution in [0.25, 0.3) is 0 Å². The molecule has 0 unspecified atom stereocenters. The van der Waals surface area contributed by atoms with Gasteiger partial charge in [-0.2, -0.15) is 0 Å². The quantitative estimate of drug-likeness (QED) is 0.720. The molecule has 2 N–H and O–H groups in total. The summed E-state index contributed by atoms with van der Waals surface area (Å²) in [6.07, 6.45) is 1.63. The summed E-state index contributed by atoms with van der Waals surface area (Å²) in [6, 6.07) is 1.94. The van der Waals surface area contributed by atoms with Gasteiger partial charge in [-0.1, -0.05) is 6.92 Å². The Labute approximate surface area is 77.0 Å². The van der Waals surface area contributed by atoms with Gasteiger partial charge >= 0.3 is 0 Å². The van der Waals surface area contributed by atoms with Crippen molar-refractivity contribution in [2.24, 2.45) is 5.73 Å². The third-order valence-electron chi connectivity index (χ3n) is 1.57. The second kappa shape index (κ2) is 4.38. The highest BCUT2D eigenvalue weighted by molar-refractivity contribution is 6.28. The van der Waals surface area contributed by atoms with Crippen LogP contribution < -0.4 is 5.73 Å². The number of nitrogens with two attached hydrogens (primary N) is 1. The number of nitrogens with zero attached hydrogens (tertiary/aromatic N) is 2. The van der Waals surface area contributed by atoms with Crippen LogP contribution in [0.4, 0.5) is 0 Å². The fourth-order valence-electron chi connectivity index (χ4n) is 0.976. The third kappa shape index (κ3) is 2.43. The van der Waals surface area contributed by atoms with Gasteiger partial charge in [0.1, 0.15) is 0 Å². The standard InChI is InChI=1S/C8H12ClN3/c1-2-6-5-7(3-4-10)12-8(9)11-6/h5H,2-4,10H2,1H3. The molecule has 0 saturated carbocycles. The number of aryl methyl sites for hydroxylation is 1. The Morgan fingerprint density at radius 3 is 2.67 bits per heavy atom. The summed E-state index contributed by atoms with van der Waals surface area (Å²) in [5.74, 6) is 0. The van der Waals surface area contributed by atoms with E-state index in [2.05, 4.69) is 9.97 Å². The molecule has 1 heterocycles. The van der Waals surface area contributed by atoms with E-state index < -0.39 is 0 Å². The molecule has 0 aliphatic heterocycles. The molecule has 0 bridgehead atoms. The van der Waals surface area contributed by atoms with Crippen molar-refractivity contribution in [3.05, 3.63) is 22.7 Å². The van der Waals surface area contributed by atoms with Crippen LogP contribution in [0.15, 0.2) is 6.07 Å². The molecule has 0 atom stereocenters. The average Bonchev–Trinajstić information content (AvgIpc) is 2.04. The zero-order valence-corrected chi connectivity index (χ0v) is 7.80. The lowest BCUT2D eigenvalue weighted by molar-refractivity contribution is 0.886. The fourth-order valence-corrected chi connectivity index (χ4v) is 1.19. The molecule has 4 heteroatoms. The minimum Gasteiger partial charge on any atom is -0.330 e. The molecule has 0 spiro atoms. The van der Waals surface area contributed by atoms with E-state index in [1.165, 1.54) is 0 Å². The summed E-state index contributed by atoms with van der Waals surface area (Å²) in [6.45, 7) is 2.63. The Hall–Kier alpha value is -0.670. The van der Waals surface area contributed by atoms with Gasteiger partial charge < -0.3 is 5.73 Å². The van der Waals surface area contributed by atoms with E-state index in [0.29, 0.717) is 11.8 Å². The lowest BCUT2D eigenvalue weighted by Gasteiger charge is -2.01. The van der Waals surface area contributed by atoms with Crippen molar-refractivity contribution >= 4 is 11.6 Å². The predicted molar refractivity (Wildman–Crippen MR) is 49.2 cm³/mol. The van der Waals surface area contributed by atoms with Crippen LogP contribution in [-0.2, 0) is 12.8 Å². The Kier molecular flexibility index (Phi) is 3.44. The van der Waals surface area contributed by atoms with Crippen molar-refractivity contribution in [3.63, 3.8) is 0 Å². The predicted octanol–water partition coefficient (Wildman–Crippen LogP) is 1.19. The number of hydrogen-bond acceptors (Lipinski definition) is 3. The van der Waals surface area contributed by atoms with E-state index in [9.17, 15) is 0 Å². The first-order valence-electron chi connectivity index (χ1n) is 3.98. The van der Waals surface area contributed by atoms with Crippen molar-refractivity contribution in [2.45, 2.75) is 19.8 Å². The first-order chi connectivity index (χ1) is 5.76. The zero-order valence-electron chi connectivity index (χ0n) is 7.05. The van der Waals surface area contributed by atoms with Crippen molar-refractivity contribution in [1.82, 2.24) is 9.97 Å². The summed E-state index contributed by atoms with van der Waals surface area (Å²) >= 11 is 5.70. The number of halogens is 1. The second-order valence-electron chi connectivity index (χ2n) is 2.51. The summed E-state index contributed by atoms with van der Waals surface area (Å²) in [4.78, 5) is 8.09. The summed E-state index contributed by atoms with van der Waals surface area (Å²) in [7, 11) is 0. The van der Waals surface area contributed by atoms with Gasteiger partial charge in [-0.3, -0.25) is 0 Å². The van der Waals surface area contributed by atoms with Crippen LogP contribution in [-0.4, -0.2) is 16.5 Å². The molecule has 0 aromatic carbocycles. The molecule has 3 nitrogen and oxygen atoms in total. The number of aromatic nitrogens is 2. The second-order valence-corrected chi connectivity index (χ2v) is 2.85. The molecule has 0 radical (unpaired) electrons. The van der Waals surface area contributed by atoms with Gasteiger partial charge in [-0.05, 0) is 30.6 Å². The number of hydrogen-bond donors (Lipinski definition) is 1. The first kappa shape index (κ1) is 9.42. The highest BCUT2D eigenvalue weighted by Crippen LogP contribution is 2.06. The van der Waals surface area contributed by atoms with E-state index in [1.54, 1.807) is 0 Å². The van der Waals surface area contributed by atoms with E-state index in [0.717, 1.165) is 24.2 Å². The minimum absolute atomic E-state index is 0.317. The topological polar surface area (TPSA) is 51.8 Å². The Morgan fingerprint density at radius 1 is 1.42 bits per heavy atom. The maximum atomic E-state index is 5.70. The van der Waals surface area contributed by atoms with Gasteiger partial charge in [-0.15, -0.1) is 0 Å². The van der Waals surface area contributed by atoms with Crippen LogP contribution in [0, 0.1) is 0 Å². The first-order valence-corrected chi connectivity index (χ1v) is 4.36. The van der Waals surface area contributed by atoms with Crippen molar-refractivity contribution in [3.8, 4) is 0 Å². The Balaban J connectivity index is 2.90. The maximum absolute atomic E-state index is 5.70. The van der Waals surface area contributed by atoms with Crippen LogP contribution in [0.5, 0.6) is 0 Å². The molecule has 1 rings (SSSR count). The normalized spacial score (nSPS) is 10.2. The lowest BCUT2D eigenvalue weighted by Crippen LogP contribution is -2.06. The molecule has 0 amide bonds. The molecule has 0 saturated heterocycles. The Morgan fingerprint density at radius 2 is 2.08 bits per heavy atom. The van der Waals surface area contributed by atoms with E-state index in [1.807, 2.05) is 13.0 Å². The van der Waals surface area contributed by atoms with Crippen molar-refractivity contribution in [2.75, 3.05) is 6.54 Å². The van der Waals surface area contributed by atoms with E-state index in [-0.39, 0.29) is 0 Å². The van der Waals surface area contributed by atoms with Gasteiger partial charge in [0.15, 0.2) is 0 Å². The molecule has 66 valence electrons. The third-order valence-corrected chi connectivity index (χ3v) is 1.74. The molecule has 1 aromatic heterocycles. The van der Waals surface area contributed by atoms with Crippen molar-refractivity contribution < 1.29 is 0 Å². The molecule has 0 aliphatic rings. The smallest absolute Gasteiger partial charge is 0.222 e. The highest BCUT2D eigenvalue weighted by atomic mass is 35.5. The number of rotatable bonds is 3. The molecular weight excluding hydrogens is 174 g/mol. The molecule has 0 fully saturated rings. The summed E-state index contributed by atoms with van der Waals surface area (Å²) in [5.41, 5.74) is 7.29. The Bertz CT molecular complexity index is 262.